The van der Waals surface area contributed by atoms with Gasteiger partial charge in [0.2, 0.25) is 0 Å². The van der Waals surface area contributed by atoms with Gasteiger partial charge in [-0.2, -0.15) is 0 Å². The van der Waals surface area contributed by atoms with Gasteiger partial charge in [0, 0.05) is 47.7 Å². The number of rotatable bonds is 8. The van der Waals surface area contributed by atoms with Crippen LogP contribution >= 0.6 is 0 Å². The van der Waals surface area contributed by atoms with Crippen molar-refractivity contribution in [3.8, 4) is 56.8 Å². The predicted octanol–water partition coefficient (Wildman–Crippen LogP) is 6.80. The molecule has 0 saturated heterocycles. The fraction of sp³-hybridized carbons (Fsp3) is 0.200. The first kappa shape index (κ1) is 23.4. The van der Waals surface area contributed by atoms with Gasteiger partial charge in [0.15, 0.2) is 0 Å². The molecular weight excluding hydrogens is 448 g/mol. The molecule has 5 aromatic rings. The van der Waals surface area contributed by atoms with E-state index >= 15 is 0 Å². The third-order valence-electron chi connectivity index (χ3n) is 6.38. The maximum Gasteiger partial charge on any atom is 0.140 e. The van der Waals surface area contributed by atoms with E-state index in [1.54, 1.807) is 14.2 Å². The largest absolute Gasteiger partial charge is 0.497 e. The standard InChI is InChI=1S/C30H30N4O2/c1-5-33-19-27(21-10-14-25(35-3)15-11-21)31-29(33)23-8-7-9-24(18-23)30-32-28(20-34(30)6-2)22-12-16-26(36-4)17-13-22/h7-20H,5-6H2,1-4H3. The number of imidazole rings is 2. The van der Waals surface area contributed by atoms with E-state index in [4.69, 9.17) is 19.4 Å². The van der Waals surface area contributed by atoms with E-state index in [-0.39, 0.29) is 0 Å². The molecule has 6 nitrogen and oxygen atoms in total. The zero-order valence-electron chi connectivity index (χ0n) is 21.1. The summed E-state index contributed by atoms with van der Waals surface area (Å²) in [4.78, 5) is 10.0. The van der Waals surface area contributed by atoms with Crippen LogP contribution in [-0.4, -0.2) is 33.3 Å². The number of ether oxygens (including phenoxy) is 2. The molecule has 2 aromatic heterocycles. The van der Waals surface area contributed by atoms with Crippen molar-refractivity contribution in [1.29, 1.82) is 0 Å². The average Bonchev–Trinajstić information content (AvgIpc) is 3.58. The summed E-state index contributed by atoms with van der Waals surface area (Å²) in [6.45, 7) is 5.93. The van der Waals surface area contributed by atoms with Gasteiger partial charge < -0.3 is 18.6 Å². The maximum atomic E-state index is 5.30. The first-order chi connectivity index (χ1) is 17.6. The Morgan fingerprint density at radius 3 is 1.36 bits per heavy atom. The van der Waals surface area contributed by atoms with Gasteiger partial charge in [0.1, 0.15) is 23.1 Å². The quantitative estimate of drug-likeness (QED) is 0.246. The molecule has 0 spiro atoms. The van der Waals surface area contributed by atoms with Crippen LogP contribution in [-0.2, 0) is 13.1 Å². The Kier molecular flexibility index (Phi) is 6.58. The highest BCUT2D eigenvalue weighted by atomic mass is 16.5. The maximum absolute atomic E-state index is 5.30. The highest BCUT2D eigenvalue weighted by Gasteiger charge is 2.15. The molecular formula is C30H30N4O2. The van der Waals surface area contributed by atoms with Gasteiger partial charge in [-0.1, -0.05) is 18.2 Å². The summed E-state index contributed by atoms with van der Waals surface area (Å²) in [5.74, 6) is 3.55. The Balaban J connectivity index is 1.52. The van der Waals surface area contributed by atoms with Crippen molar-refractivity contribution < 1.29 is 9.47 Å². The number of aromatic nitrogens is 4. The van der Waals surface area contributed by atoms with Crippen LogP contribution in [0.5, 0.6) is 11.5 Å². The van der Waals surface area contributed by atoms with Crippen LogP contribution in [0.1, 0.15) is 13.8 Å². The number of hydrogen-bond donors (Lipinski definition) is 0. The third-order valence-corrected chi connectivity index (χ3v) is 6.38. The molecule has 0 radical (unpaired) electrons. The number of hydrogen-bond acceptors (Lipinski definition) is 4. The van der Waals surface area contributed by atoms with Gasteiger partial charge in [0.05, 0.1) is 25.6 Å². The zero-order chi connectivity index (χ0) is 25.1. The van der Waals surface area contributed by atoms with Crippen molar-refractivity contribution >= 4 is 0 Å². The topological polar surface area (TPSA) is 54.1 Å². The van der Waals surface area contributed by atoms with Crippen LogP contribution in [0.25, 0.3) is 45.3 Å². The summed E-state index contributed by atoms with van der Waals surface area (Å²) < 4.78 is 15.0. The van der Waals surface area contributed by atoms with Gasteiger partial charge >= 0.3 is 0 Å². The lowest BCUT2D eigenvalue weighted by molar-refractivity contribution is 0.415. The molecule has 0 saturated carbocycles. The van der Waals surface area contributed by atoms with Crippen LogP contribution < -0.4 is 9.47 Å². The van der Waals surface area contributed by atoms with Gasteiger partial charge in [-0.05, 0) is 68.4 Å². The molecule has 0 aliphatic heterocycles. The first-order valence-electron chi connectivity index (χ1n) is 12.2. The zero-order valence-corrected chi connectivity index (χ0v) is 21.1. The molecule has 36 heavy (non-hydrogen) atoms. The lowest BCUT2D eigenvalue weighted by Gasteiger charge is -2.08. The van der Waals surface area contributed by atoms with Crippen molar-refractivity contribution in [2.45, 2.75) is 26.9 Å². The second-order valence-corrected chi connectivity index (χ2v) is 8.51. The molecule has 6 heteroatoms. The highest BCUT2D eigenvalue weighted by molar-refractivity contribution is 5.72. The first-order valence-corrected chi connectivity index (χ1v) is 12.2. The third kappa shape index (κ3) is 4.50. The van der Waals surface area contributed by atoms with E-state index in [9.17, 15) is 0 Å². The number of methoxy groups -OCH3 is 2. The summed E-state index contributed by atoms with van der Waals surface area (Å²) in [6.07, 6.45) is 4.22. The summed E-state index contributed by atoms with van der Waals surface area (Å²) >= 11 is 0. The van der Waals surface area contributed by atoms with Gasteiger partial charge in [0.25, 0.3) is 0 Å². The SMILES string of the molecule is CCn1cc(-c2ccc(OC)cc2)nc1-c1cccc(-c2nc(-c3ccc(OC)cc3)cn2CC)c1. The second-order valence-electron chi connectivity index (χ2n) is 8.51. The molecule has 182 valence electrons. The minimum Gasteiger partial charge on any atom is -0.497 e. The molecule has 3 aromatic carbocycles. The molecule has 2 heterocycles. The Bertz CT molecular complexity index is 1360. The molecule has 0 atom stereocenters. The smallest absolute Gasteiger partial charge is 0.140 e. The van der Waals surface area contributed by atoms with E-state index in [1.807, 2.05) is 48.5 Å². The van der Waals surface area contributed by atoms with Gasteiger partial charge in [-0.3, -0.25) is 0 Å². The molecule has 0 aliphatic carbocycles. The van der Waals surface area contributed by atoms with Crippen molar-refractivity contribution in [3.63, 3.8) is 0 Å². The van der Waals surface area contributed by atoms with E-state index < -0.39 is 0 Å². The van der Waals surface area contributed by atoms with Crippen molar-refractivity contribution in [2.24, 2.45) is 0 Å². The van der Waals surface area contributed by atoms with Crippen molar-refractivity contribution in [2.75, 3.05) is 14.2 Å². The molecule has 0 N–H and O–H groups in total. The average molecular weight is 479 g/mol. The van der Waals surface area contributed by atoms with Gasteiger partial charge in [-0.25, -0.2) is 9.97 Å². The van der Waals surface area contributed by atoms with Crippen molar-refractivity contribution in [3.05, 3.63) is 85.2 Å². The molecule has 0 aliphatic rings. The lowest BCUT2D eigenvalue weighted by atomic mass is 10.1. The second kappa shape index (κ2) is 10.1. The lowest BCUT2D eigenvalue weighted by Crippen LogP contribution is -1.98. The number of aryl methyl sites for hydroxylation is 2. The Labute approximate surface area is 211 Å². The van der Waals surface area contributed by atoms with E-state index in [1.165, 1.54) is 0 Å². The Hall–Kier alpha value is -4.32. The molecule has 0 fully saturated rings. The van der Waals surface area contributed by atoms with Gasteiger partial charge in [-0.15, -0.1) is 0 Å². The summed E-state index contributed by atoms with van der Waals surface area (Å²) in [6, 6.07) is 24.5. The van der Waals surface area contributed by atoms with Crippen molar-refractivity contribution in [1.82, 2.24) is 19.1 Å². The minimum atomic E-state index is 0.827. The van der Waals surface area contributed by atoms with Crippen LogP contribution in [0.4, 0.5) is 0 Å². The van der Waals surface area contributed by atoms with Crippen LogP contribution in [0.2, 0.25) is 0 Å². The monoisotopic (exact) mass is 478 g/mol. The number of benzene rings is 3. The minimum absolute atomic E-state index is 0.827. The summed E-state index contributed by atoms with van der Waals surface area (Å²) in [7, 11) is 3.35. The molecule has 5 rings (SSSR count). The fourth-order valence-electron chi connectivity index (χ4n) is 4.37. The van der Waals surface area contributed by atoms with E-state index in [0.717, 1.165) is 69.9 Å². The molecule has 0 unspecified atom stereocenters. The molecule has 0 amide bonds. The molecule has 0 bridgehead atoms. The summed E-state index contributed by atoms with van der Waals surface area (Å²) in [5.41, 5.74) is 6.13. The highest BCUT2D eigenvalue weighted by Crippen LogP contribution is 2.31. The van der Waals surface area contributed by atoms with E-state index in [0.29, 0.717) is 0 Å². The van der Waals surface area contributed by atoms with Crippen LogP contribution in [0.3, 0.4) is 0 Å². The Morgan fingerprint density at radius 1 is 0.583 bits per heavy atom. The Morgan fingerprint density at radius 2 is 1.00 bits per heavy atom. The fourth-order valence-corrected chi connectivity index (χ4v) is 4.37. The summed E-state index contributed by atoms with van der Waals surface area (Å²) in [5, 5.41) is 0. The normalized spacial score (nSPS) is 11.0. The van der Waals surface area contributed by atoms with E-state index in [2.05, 4.69) is 59.6 Å². The number of nitrogens with zero attached hydrogens (tertiary/aromatic N) is 4. The van der Waals surface area contributed by atoms with Crippen LogP contribution in [0.15, 0.2) is 85.2 Å². The van der Waals surface area contributed by atoms with Crippen LogP contribution in [0, 0.1) is 0 Å². The predicted molar refractivity (Wildman–Crippen MR) is 144 cm³/mol.